The van der Waals surface area contributed by atoms with Crippen molar-refractivity contribution in [1.82, 2.24) is 0 Å². The third-order valence-electron chi connectivity index (χ3n) is 5.42. The number of nitrogens with one attached hydrogen (secondary N) is 1. The van der Waals surface area contributed by atoms with Crippen molar-refractivity contribution >= 4 is 5.69 Å². The summed E-state index contributed by atoms with van der Waals surface area (Å²) in [6, 6.07) is 10.5. The lowest BCUT2D eigenvalue weighted by molar-refractivity contribution is -0.287. The van der Waals surface area contributed by atoms with Gasteiger partial charge in [0.15, 0.2) is 5.79 Å². The zero-order valence-electron chi connectivity index (χ0n) is 20.0. The van der Waals surface area contributed by atoms with Crippen LogP contribution in [0.15, 0.2) is 30.3 Å². The number of unbranched alkanes of at least 4 members (excludes halogenated alkanes) is 5. The van der Waals surface area contributed by atoms with Crippen molar-refractivity contribution in [2.24, 2.45) is 5.92 Å². The van der Waals surface area contributed by atoms with Gasteiger partial charge in [-0.2, -0.15) is 0 Å². The van der Waals surface area contributed by atoms with E-state index >= 15 is 0 Å². The van der Waals surface area contributed by atoms with E-state index in [4.69, 9.17) is 9.47 Å². The molecular weight excluding hydrogens is 358 g/mol. The normalized spacial score (nSPS) is 13.2. The number of rotatable bonds is 17. The molecule has 1 N–H and O–H groups in total. The molecule has 0 aliphatic rings. The molecule has 29 heavy (non-hydrogen) atoms. The summed E-state index contributed by atoms with van der Waals surface area (Å²) in [7, 11) is 0. The Morgan fingerprint density at radius 1 is 0.793 bits per heavy atom. The Kier molecular flexibility index (Phi) is 13.3. The number of benzene rings is 1. The third-order valence-corrected chi connectivity index (χ3v) is 5.42. The monoisotopic (exact) mass is 405 g/mol. The molecule has 0 amide bonds. The Morgan fingerprint density at radius 3 is 1.93 bits per heavy atom. The summed E-state index contributed by atoms with van der Waals surface area (Å²) in [6.45, 7) is 13.9. The predicted molar refractivity (Wildman–Crippen MR) is 126 cm³/mol. The van der Waals surface area contributed by atoms with Crippen LogP contribution in [0.3, 0.4) is 0 Å². The van der Waals surface area contributed by atoms with Crippen molar-refractivity contribution in [1.29, 1.82) is 0 Å². The van der Waals surface area contributed by atoms with Crippen LogP contribution in [0.4, 0.5) is 5.69 Å². The lowest BCUT2D eigenvalue weighted by Gasteiger charge is -2.40. The van der Waals surface area contributed by atoms with Gasteiger partial charge in [-0.3, -0.25) is 0 Å². The third kappa shape index (κ3) is 11.6. The average Bonchev–Trinajstić information content (AvgIpc) is 2.65. The van der Waals surface area contributed by atoms with E-state index in [1.165, 1.54) is 50.6 Å². The van der Waals surface area contributed by atoms with Crippen LogP contribution in [0.2, 0.25) is 0 Å². The fraction of sp³-hybridized carbons (Fsp3) is 0.769. The second kappa shape index (κ2) is 14.8. The smallest absolute Gasteiger partial charge is 0.168 e. The van der Waals surface area contributed by atoms with Crippen molar-refractivity contribution in [3.05, 3.63) is 30.3 Å². The molecule has 0 spiro atoms. The van der Waals surface area contributed by atoms with E-state index in [1.807, 2.05) is 0 Å². The Balaban J connectivity index is 2.63. The molecule has 1 aromatic carbocycles. The van der Waals surface area contributed by atoms with E-state index in [-0.39, 0.29) is 12.2 Å². The van der Waals surface area contributed by atoms with Gasteiger partial charge in [0.1, 0.15) is 0 Å². The van der Waals surface area contributed by atoms with E-state index in [0.29, 0.717) is 5.92 Å². The number of ether oxygens (including phenoxy) is 2. The molecule has 1 unspecified atom stereocenters. The van der Waals surface area contributed by atoms with Gasteiger partial charge in [-0.15, -0.1) is 0 Å². The molecule has 168 valence electrons. The summed E-state index contributed by atoms with van der Waals surface area (Å²) in [4.78, 5) is 0. The molecule has 1 atom stereocenters. The minimum Gasteiger partial charge on any atom is -0.385 e. The van der Waals surface area contributed by atoms with Gasteiger partial charge in [0.25, 0.3) is 0 Å². The van der Waals surface area contributed by atoms with Gasteiger partial charge in [0.05, 0.1) is 12.2 Å². The van der Waals surface area contributed by atoms with Crippen molar-refractivity contribution in [2.75, 3.05) is 11.9 Å². The molecule has 0 radical (unpaired) electrons. The maximum atomic E-state index is 6.38. The second-order valence-electron chi connectivity index (χ2n) is 9.04. The van der Waals surface area contributed by atoms with Crippen LogP contribution >= 0.6 is 0 Å². The molecular formula is C26H47NO2. The van der Waals surface area contributed by atoms with Crippen molar-refractivity contribution < 1.29 is 9.47 Å². The maximum absolute atomic E-state index is 6.38. The van der Waals surface area contributed by atoms with Crippen molar-refractivity contribution in [3.63, 3.8) is 0 Å². The number of anilines is 1. The van der Waals surface area contributed by atoms with Crippen LogP contribution in [0, 0.1) is 5.92 Å². The van der Waals surface area contributed by atoms with Crippen LogP contribution in [0.25, 0.3) is 0 Å². The number of para-hydroxylation sites is 1. The first-order valence-electron chi connectivity index (χ1n) is 12.0. The standard InChI is InChI=1S/C26H47NO2/c1-7-8-9-10-11-13-17-24(26(6,28-22(2)3)29-23(4)5)18-16-21-27-25-19-14-12-15-20-25/h12,14-15,19-20,22-24,27H,7-11,13,16-18,21H2,1-6H3. The maximum Gasteiger partial charge on any atom is 0.168 e. The SMILES string of the molecule is CCCCCCCCC(CCCNc1ccccc1)C(C)(OC(C)C)OC(C)C. The van der Waals surface area contributed by atoms with Crippen LogP contribution in [-0.4, -0.2) is 24.5 Å². The van der Waals surface area contributed by atoms with Crippen molar-refractivity contribution in [3.8, 4) is 0 Å². The largest absolute Gasteiger partial charge is 0.385 e. The lowest BCUT2D eigenvalue weighted by atomic mass is 9.88. The average molecular weight is 406 g/mol. The first-order chi connectivity index (χ1) is 13.9. The summed E-state index contributed by atoms with van der Waals surface area (Å²) in [5.74, 6) is -0.102. The Morgan fingerprint density at radius 2 is 1.34 bits per heavy atom. The molecule has 0 saturated heterocycles. The van der Waals surface area contributed by atoms with Gasteiger partial charge in [-0.05, 0) is 66.0 Å². The summed E-state index contributed by atoms with van der Waals surface area (Å²) in [6.07, 6.45) is 11.7. The zero-order valence-corrected chi connectivity index (χ0v) is 20.0. The van der Waals surface area contributed by atoms with Gasteiger partial charge < -0.3 is 14.8 Å². The lowest BCUT2D eigenvalue weighted by Crippen LogP contribution is -2.44. The van der Waals surface area contributed by atoms with E-state index in [2.05, 4.69) is 77.2 Å². The predicted octanol–water partition coefficient (Wildman–Crippen LogP) is 7.81. The molecule has 3 heteroatoms. The summed E-state index contributed by atoms with van der Waals surface area (Å²) in [5, 5.41) is 3.54. The van der Waals surface area contributed by atoms with Gasteiger partial charge in [-0.25, -0.2) is 0 Å². The highest BCUT2D eigenvalue weighted by Crippen LogP contribution is 2.34. The van der Waals surface area contributed by atoms with Gasteiger partial charge in [-0.1, -0.05) is 63.6 Å². The number of hydrogen-bond acceptors (Lipinski definition) is 3. The Hall–Kier alpha value is -1.06. The molecule has 0 saturated carbocycles. The molecule has 0 fully saturated rings. The minimum absolute atomic E-state index is 0.160. The fourth-order valence-electron chi connectivity index (χ4n) is 4.13. The zero-order chi connectivity index (χ0) is 21.5. The van der Waals surface area contributed by atoms with E-state index in [9.17, 15) is 0 Å². The topological polar surface area (TPSA) is 30.5 Å². The molecule has 0 bridgehead atoms. The Labute approximate surface area is 181 Å². The van der Waals surface area contributed by atoms with Crippen molar-refractivity contribution in [2.45, 2.75) is 117 Å². The molecule has 1 rings (SSSR count). The number of hydrogen-bond donors (Lipinski definition) is 1. The van der Waals surface area contributed by atoms with Gasteiger partial charge in [0, 0.05) is 18.2 Å². The molecule has 3 nitrogen and oxygen atoms in total. The molecule has 0 heterocycles. The summed E-state index contributed by atoms with van der Waals surface area (Å²) in [5.41, 5.74) is 1.19. The second-order valence-corrected chi connectivity index (χ2v) is 9.04. The highest BCUT2D eigenvalue weighted by molar-refractivity contribution is 5.42. The van der Waals surface area contributed by atoms with Crippen LogP contribution < -0.4 is 5.32 Å². The van der Waals surface area contributed by atoms with Crippen LogP contribution in [0.5, 0.6) is 0 Å². The van der Waals surface area contributed by atoms with E-state index in [0.717, 1.165) is 19.4 Å². The molecule has 0 aromatic heterocycles. The molecule has 0 aliphatic heterocycles. The quantitative estimate of drug-likeness (QED) is 0.212. The summed E-state index contributed by atoms with van der Waals surface area (Å²) < 4.78 is 12.8. The van der Waals surface area contributed by atoms with Gasteiger partial charge >= 0.3 is 0 Å². The first-order valence-corrected chi connectivity index (χ1v) is 12.0. The molecule has 1 aromatic rings. The summed E-state index contributed by atoms with van der Waals surface area (Å²) >= 11 is 0. The van der Waals surface area contributed by atoms with Gasteiger partial charge in [0.2, 0.25) is 0 Å². The first kappa shape index (κ1) is 26.0. The molecule has 0 aliphatic carbocycles. The fourth-order valence-corrected chi connectivity index (χ4v) is 4.13. The highest BCUT2D eigenvalue weighted by Gasteiger charge is 2.37. The van der Waals surface area contributed by atoms with E-state index in [1.54, 1.807) is 0 Å². The van der Waals surface area contributed by atoms with E-state index < -0.39 is 5.79 Å². The van der Waals surface area contributed by atoms with Crippen LogP contribution in [-0.2, 0) is 9.47 Å². The Bertz CT molecular complexity index is 491. The highest BCUT2D eigenvalue weighted by atomic mass is 16.7. The minimum atomic E-state index is -0.515. The van der Waals surface area contributed by atoms with Crippen LogP contribution in [0.1, 0.15) is 99.3 Å².